The lowest BCUT2D eigenvalue weighted by Gasteiger charge is -2.22. The molecule has 1 aromatic heterocycles. The van der Waals surface area contributed by atoms with E-state index in [0.29, 0.717) is 11.4 Å². The Hall–Kier alpha value is -3.70. The van der Waals surface area contributed by atoms with Gasteiger partial charge in [0, 0.05) is 22.7 Å². The van der Waals surface area contributed by atoms with Crippen LogP contribution in [0.25, 0.3) is 5.69 Å². The number of hydrogen-bond acceptors (Lipinski definition) is 6. The second kappa shape index (κ2) is 9.88. The van der Waals surface area contributed by atoms with Gasteiger partial charge in [0.25, 0.3) is 0 Å². The minimum atomic E-state index is -4.12. The molecule has 202 valence electrons. The molecule has 0 saturated heterocycles. The average molecular weight is 541 g/mol. The van der Waals surface area contributed by atoms with Gasteiger partial charge in [-0.3, -0.25) is 4.79 Å². The van der Waals surface area contributed by atoms with Gasteiger partial charge in [-0.15, -0.1) is 0 Å². The zero-order valence-electron chi connectivity index (χ0n) is 22.2. The number of carbonyl (C=O) groups is 2. The summed E-state index contributed by atoms with van der Waals surface area (Å²) in [6.45, 7) is 10.4. The van der Waals surface area contributed by atoms with Gasteiger partial charge in [0.1, 0.15) is 10.6 Å². The molecule has 1 amide bonds. The van der Waals surface area contributed by atoms with Crippen molar-refractivity contribution in [2.45, 2.75) is 64.8 Å². The summed E-state index contributed by atoms with van der Waals surface area (Å²) in [6.07, 6.45) is 1.61. The molecule has 0 unspecified atom stereocenters. The van der Waals surface area contributed by atoms with Crippen LogP contribution in [0, 0.1) is 26.7 Å². The number of carboxylic acid groups (broad SMARTS) is 1. The fraction of sp³-hybridized carbons (Fsp3) is 0.370. The highest BCUT2D eigenvalue weighted by molar-refractivity contribution is 7.89. The van der Waals surface area contributed by atoms with Crippen LogP contribution in [0.15, 0.2) is 41.3 Å². The van der Waals surface area contributed by atoms with Crippen LogP contribution < -0.4 is 14.8 Å². The van der Waals surface area contributed by atoms with Crippen LogP contribution in [-0.4, -0.2) is 40.7 Å². The van der Waals surface area contributed by atoms with Crippen LogP contribution in [-0.2, 0) is 14.8 Å². The summed E-state index contributed by atoms with van der Waals surface area (Å²) >= 11 is 0. The van der Waals surface area contributed by atoms with Crippen molar-refractivity contribution < 1.29 is 27.9 Å². The number of amides is 1. The third kappa shape index (κ3) is 5.89. The molecule has 0 atom stereocenters. The number of anilines is 1. The first-order valence-electron chi connectivity index (χ1n) is 12.2. The molecule has 0 radical (unpaired) electrons. The summed E-state index contributed by atoms with van der Waals surface area (Å²) in [5, 5.41) is 16.8. The van der Waals surface area contributed by atoms with Crippen LogP contribution in [0.1, 0.15) is 60.8 Å². The molecule has 4 rings (SSSR count). The van der Waals surface area contributed by atoms with Gasteiger partial charge in [0.15, 0.2) is 5.69 Å². The van der Waals surface area contributed by atoms with Gasteiger partial charge < -0.3 is 15.2 Å². The maximum Gasteiger partial charge on any atom is 0.356 e. The van der Waals surface area contributed by atoms with E-state index in [1.165, 1.54) is 16.8 Å². The predicted molar refractivity (Wildman–Crippen MR) is 143 cm³/mol. The second-order valence-corrected chi connectivity index (χ2v) is 12.3. The van der Waals surface area contributed by atoms with Crippen molar-refractivity contribution in [1.29, 1.82) is 0 Å². The molecular formula is C27H32N4O6S. The molecule has 3 aromatic rings. The first kappa shape index (κ1) is 27.3. The Labute approximate surface area is 222 Å². The molecule has 1 aliphatic rings. The summed E-state index contributed by atoms with van der Waals surface area (Å²) in [6, 6.07) is 9.99. The molecule has 11 heteroatoms. The van der Waals surface area contributed by atoms with Crippen molar-refractivity contribution in [1.82, 2.24) is 14.5 Å². The fourth-order valence-corrected chi connectivity index (χ4v) is 5.52. The summed E-state index contributed by atoms with van der Waals surface area (Å²) in [4.78, 5) is 24.1. The number of nitrogens with one attached hydrogen (secondary N) is 2. The number of rotatable bonds is 8. The standard InChI is InChI=1S/C27H32N4O6S/c1-15-7-8-16(2)20(13-15)31-25(17(3)23(29-31)26(33)34)37-21-12-11-19(28-24(32)18-9-10-18)14-22(21)38(35,36)30-27(4,5)6/h7-8,11-14,18,30H,9-10H2,1-6H3,(H,28,32)(H,33,34). The van der Waals surface area contributed by atoms with Crippen LogP contribution in [0.3, 0.4) is 0 Å². The van der Waals surface area contributed by atoms with Crippen molar-refractivity contribution in [3.63, 3.8) is 0 Å². The largest absolute Gasteiger partial charge is 0.476 e. The van der Waals surface area contributed by atoms with Crippen molar-refractivity contribution in [3.8, 4) is 17.3 Å². The molecule has 1 fully saturated rings. The Morgan fingerprint density at radius 2 is 1.76 bits per heavy atom. The predicted octanol–water partition coefficient (Wildman–Crippen LogP) is 4.71. The smallest absolute Gasteiger partial charge is 0.356 e. The quantitative estimate of drug-likeness (QED) is 0.376. The SMILES string of the molecule is Cc1ccc(C)c(-n2nc(C(=O)O)c(C)c2Oc2ccc(NC(=O)C3CC3)cc2S(=O)(=O)NC(C)(C)C)c1. The van der Waals surface area contributed by atoms with E-state index in [2.05, 4.69) is 15.1 Å². The van der Waals surface area contributed by atoms with Crippen LogP contribution in [0.2, 0.25) is 0 Å². The number of benzene rings is 2. The summed E-state index contributed by atoms with van der Waals surface area (Å²) < 4.78 is 37.1. The van der Waals surface area contributed by atoms with E-state index in [9.17, 15) is 23.1 Å². The van der Waals surface area contributed by atoms with Gasteiger partial charge in [-0.1, -0.05) is 12.1 Å². The van der Waals surface area contributed by atoms with Crippen molar-refractivity contribution in [2.24, 2.45) is 5.92 Å². The molecule has 0 aliphatic heterocycles. The maximum absolute atomic E-state index is 13.5. The van der Waals surface area contributed by atoms with Gasteiger partial charge in [-0.05, 0) is 89.8 Å². The highest BCUT2D eigenvalue weighted by Crippen LogP contribution is 2.37. The Morgan fingerprint density at radius 1 is 1.08 bits per heavy atom. The summed E-state index contributed by atoms with van der Waals surface area (Å²) in [5.41, 5.74) is 1.88. The van der Waals surface area contributed by atoms with Gasteiger partial charge in [-0.2, -0.15) is 9.78 Å². The minimum absolute atomic E-state index is 0.0438. The van der Waals surface area contributed by atoms with Gasteiger partial charge in [0.05, 0.1) is 5.69 Å². The number of aromatic nitrogens is 2. The molecule has 3 N–H and O–H groups in total. The summed E-state index contributed by atoms with van der Waals surface area (Å²) in [5.74, 6) is -1.45. The number of carboxylic acids is 1. The molecule has 1 saturated carbocycles. The molecule has 0 bridgehead atoms. The Bertz CT molecular complexity index is 1530. The van der Waals surface area contributed by atoms with Crippen molar-refractivity contribution in [3.05, 3.63) is 58.8 Å². The van der Waals surface area contributed by atoms with Crippen LogP contribution in [0.4, 0.5) is 5.69 Å². The van der Waals surface area contributed by atoms with E-state index in [1.807, 2.05) is 32.0 Å². The molecule has 2 aromatic carbocycles. The number of ether oxygens (including phenoxy) is 1. The first-order valence-corrected chi connectivity index (χ1v) is 13.7. The van der Waals surface area contributed by atoms with Crippen LogP contribution in [0.5, 0.6) is 11.6 Å². The van der Waals surface area contributed by atoms with E-state index < -0.39 is 21.5 Å². The molecule has 10 nitrogen and oxygen atoms in total. The number of carbonyl (C=O) groups excluding carboxylic acids is 1. The third-order valence-electron chi connectivity index (χ3n) is 5.96. The second-order valence-electron chi connectivity index (χ2n) is 10.7. The summed E-state index contributed by atoms with van der Waals surface area (Å²) in [7, 11) is -4.12. The molecule has 1 heterocycles. The number of aryl methyl sites for hydroxylation is 2. The minimum Gasteiger partial charge on any atom is -0.476 e. The zero-order chi connectivity index (χ0) is 28.0. The number of nitrogens with zero attached hydrogens (tertiary/aromatic N) is 2. The molecule has 38 heavy (non-hydrogen) atoms. The van der Waals surface area contributed by atoms with Gasteiger partial charge in [-0.25, -0.2) is 17.9 Å². The Morgan fingerprint density at radius 3 is 2.37 bits per heavy atom. The topological polar surface area (TPSA) is 140 Å². The third-order valence-corrected chi connectivity index (χ3v) is 7.74. The zero-order valence-corrected chi connectivity index (χ0v) is 23.1. The molecular weight excluding hydrogens is 508 g/mol. The highest BCUT2D eigenvalue weighted by atomic mass is 32.2. The van der Waals surface area contributed by atoms with Crippen molar-refractivity contribution in [2.75, 3.05) is 5.32 Å². The lowest BCUT2D eigenvalue weighted by molar-refractivity contribution is -0.117. The highest BCUT2D eigenvalue weighted by Gasteiger charge is 2.32. The van der Waals surface area contributed by atoms with E-state index in [4.69, 9.17) is 4.74 Å². The van der Waals surface area contributed by atoms with Crippen LogP contribution >= 0.6 is 0 Å². The lowest BCUT2D eigenvalue weighted by atomic mass is 10.1. The van der Waals surface area contributed by atoms with E-state index in [0.717, 1.165) is 24.0 Å². The van der Waals surface area contributed by atoms with Gasteiger partial charge in [0.2, 0.25) is 21.8 Å². The average Bonchev–Trinajstić information content (AvgIpc) is 3.60. The fourth-order valence-electron chi connectivity index (χ4n) is 3.95. The Kier molecular flexibility index (Phi) is 7.11. The first-order chi connectivity index (χ1) is 17.7. The number of aromatic carboxylic acids is 1. The number of hydrogen-bond donors (Lipinski definition) is 3. The number of sulfonamides is 1. The lowest BCUT2D eigenvalue weighted by Crippen LogP contribution is -2.40. The maximum atomic E-state index is 13.5. The molecule has 0 spiro atoms. The monoisotopic (exact) mass is 540 g/mol. The van der Waals surface area contributed by atoms with E-state index in [-0.39, 0.29) is 39.6 Å². The van der Waals surface area contributed by atoms with E-state index >= 15 is 0 Å². The normalized spacial score (nSPS) is 13.8. The molecule has 1 aliphatic carbocycles. The van der Waals surface area contributed by atoms with Gasteiger partial charge >= 0.3 is 5.97 Å². The Balaban J connectivity index is 1.86. The van der Waals surface area contributed by atoms with E-state index in [1.54, 1.807) is 33.8 Å². The van der Waals surface area contributed by atoms with Crippen molar-refractivity contribution >= 4 is 27.6 Å².